The van der Waals surface area contributed by atoms with E-state index >= 15 is 0 Å². The number of alkyl halides is 3. The normalized spacial score (nSPS) is 17.2. The third-order valence-corrected chi connectivity index (χ3v) is 4.95. The van der Waals surface area contributed by atoms with Crippen LogP contribution in [0, 0.1) is 0 Å². The van der Waals surface area contributed by atoms with Crippen molar-refractivity contribution in [3.05, 3.63) is 60.8 Å². The molecule has 1 fully saturated rings. The van der Waals surface area contributed by atoms with Crippen LogP contribution in [0.4, 0.5) is 13.2 Å². The molecular weight excluding hydrogens is 369 g/mol. The van der Waals surface area contributed by atoms with Crippen LogP contribution >= 0.6 is 0 Å². The number of carbonyl (C=O) groups is 1. The molecule has 1 aliphatic rings. The molecule has 1 saturated heterocycles. The maximum absolute atomic E-state index is 12.8. The lowest BCUT2D eigenvalue weighted by Crippen LogP contribution is -2.27. The Kier molecular flexibility index (Phi) is 4.41. The molecule has 28 heavy (non-hydrogen) atoms. The highest BCUT2D eigenvalue weighted by Gasteiger charge is 2.31. The zero-order chi connectivity index (χ0) is 19.9. The van der Waals surface area contributed by atoms with Crippen LogP contribution in [-0.4, -0.2) is 38.7 Å². The summed E-state index contributed by atoms with van der Waals surface area (Å²) in [5.41, 5.74) is 1.11. The van der Waals surface area contributed by atoms with Gasteiger partial charge < -0.3 is 4.90 Å². The maximum Gasteiger partial charge on any atom is 0.416 e. The maximum atomic E-state index is 12.8. The van der Waals surface area contributed by atoms with Gasteiger partial charge in [-0.2, -0.15) is 18.3 Å². The molecule has 0 spiro atoms. The lowest BCUT2D eigenvalue weighted by molar-refractivity contribution is -0.137. The number of pyridine rings is 1. The Morgan fingerprint density at radius 3 is 2.64 bits per heavy atom. The van der Waals surface area contributed by atoms with Gasteiger partial charge in [0.1, 0.15) is 5.69 Å². The third-order valence-electron chi connectivity index (χ3n) is 4.95. The molecule has 2 aromatic heterocycles. The quantitative estimate of drug-likeness (QED) is 0.638. The molecule has 1 amide bonds. The Morgan fingerprint density at radius 2 is 1.96 bits per heavy atom. The Labute approximate surface area is 159 Å². The van der Waals surface area contributed by atoms with Crippen molar-refractivity contribution in [3.8, 4) is 11.3 Å². The number of hydrogen-bond acceptors (Lipinski definition) is 3. The minimum absolute atomic E-state index is 0.0514. The molecule has 144 valence electrons. The van der Waals surface area contributed by atoms with Crippen LogP contribution in [0.5, 0.6) is 0 Å². The van der Waals surface area contributed by atoms with Gasteiger partial charge in [0, 0.05) is 30.2 Å². The molecule has 1 aliphatic heterocycles. The molecule has 8 heteroatoms. The van der Waals surface area contributed by atoms with Crippen molar-refractivity contribution in [1.29, 1.82) is 0 Å². The largest absolute Gasteiger partial charge is 0.416 e. The first-order chi connectivity index (χ1) is 13.4. The fourth-order valence-corrected chi connectivity index (χ4v) is 3.53. The standard InChI is InChI=1S/C20H17F3N4O/c1-2-17(28)26-11-9-15(12-26)27-19-16(4-3-10-24-19)18(25-27)13-5-7-14(8-6-13)20(21,22)23/h2-8,10,15H,1,9,11-12H2. The molecule has 1 aromatic carbocycles. The Hall–Kier alpha value is -3.16. The first-order valence-electron chi connectivity index (χ1n) is 8.80. The topological polar surface area (TPSA) is 51.0 Å². The highest BCUT2D eigenvalue weighted by atomic mass is 19.4. The van der Waals surface area contributed by atoms with E-state index in [-0.39, 0.29) is 11.9 Å². The number of halogens is 3. The average molecular weight is 386 g/mol. The molecule has 0 aliphatic carbocycles. The zero-order valence-corrected chi connectivity index (χ0v) is 14.9. The summed E-state index contributed by atoms with van der Waals surface area (Å²) in [6.45, 7) is 4.60. The van der Waals surface area contributed by atoms with Gasteiger partial charge in [0.05, 0.1) is 11.6 Å². The second-order valence-corrected chi connectivity index (χ2v) is 6.67. The van der Waals surface area contributed by atoms with Crippen LogP contribution in [0.25, 0.3) is 22.3 Å². The summed E-state index contributed by atoms with van der Waals surface area (Å²) < 4.78 is 40.3. The molecule has 0 saturated carbocycles. The van der Waals surface area contributed by atoms with Crippen molar-refractivity contribution < 1.29 is 18.0 Å². The molecule has 0 bridgehead atoms. The molecule has 5 nitrogen and oxygen atoms in total. The number of carbonyl (C=O) groups excluding carboxylic acids is 1. The first-order valence-corrected chi connectivity index (χ1v) is 8.80. The van der Waals surface area contributed by atoms with Gasteiger partial charge in [0.15, 0.2) is 5.65 Å². The van der Waals surface area contributed by atoms with E-state index in [1.54, 1.807) is 21.8 Å². The molecule has 1 atom stereocenters. The van der Waals surface area contributed by atoms with Gasteiger partial charge in [-0.15, -0.1) is 0 Å². The minimum atomic E-state index is -4.38. The molecule has 1 unspecified atom stereocenters. The van der Waals surface area contributed by atoms with Crippen molar-refractivity contribution >= 4 is 16.9 Å². The van der Waals surface area contributed by atoms with E-state index in [2.05, 4.69) is 16.7 Å². The Morgan fingerprint density at radius 1 is 1.21 bits per heavy atom. The Balaban J connectivity index is 1.73. The van der Waals surface area contributed by atoms with Crippen molar-refractivity contribution in [2.24, 2.45) is 0 Å². The van der Waals surface area contributed by atoms with Crippen molar-refractivity contribution in [1.82, 2.24) is 19.7 Å². The monoisotopic (exact) mass is 386 g/mol. The summed E-state index contributed by atoms with van der Waals surface area (Å²) in [4.78, 5) is 18.0. The van der Waals surface area contributed by atoms with E-state index < -0.39 is 11.7 Å². The van der Waals surface area contributed by atoms with Crippen LogP contribution in [0.2, 0.25) is 0 Å². The molecule has 3 aromatic rings. The van der Waals surface area contributed by atoms with Gasteiger partial charge in [-0.05, 0) is 36.8 Å². The average Bonchev–Trinajstić information content (AvgIpc) is 3.32. The van der Waals surface area contributed by atoms with E-state index in [1.165, 1.54) is 18.2 Å². The van der Waals surface area contributed by atoms with E-state index in [9.17, 15) is 18.0 Å². The van der Waals surface area contributed by atoms with Crippen LogP contribution in [0.3, 0.4) is 0 Å². The fourth-order valence-electron chi connectivity index (χ4n) is 3.53. The summed E-state index contributed by atoms with van der Waals surface area (Å²) in [6.07, 6.45) is -0.722. The van der Waals surface area contributed by atoms with Crippen LogP contribution in [-0.2, 0) is 11.0 Å². The summed E-state index contributed by atoms with van der Waals surface area (Å²) in [5, 5.41) is 5.42. The first kappa shape index (κ1) is 18.2. The number of benzene rings is 1. The van der Waals surface area contributed by atoms with E-state index in [0.717, 1.165) is 23.9 Å². The van der Waals surface area contributed by atoms with E-state index in [1.807, 2.05) is 6.07 Å². The highest BCUT2D eigenvalue weighted by Crippen LogP contribution is 2.34. The number of fused-ring (bicyclic) bond motifs is 1. The Bertz CT molecular complexity index is 1040. The zero-order valence-electron chi connectivity index (χ0n) is 14.9. The van der Waals surface area contributed by atoms with Crippen LogP contribution in [0.1, 0.15) is 18.0 Å². The summed E-state index contributed by atoms with van der Waals surface area (Å²) in [7, 11) is 0. The van der Waals surface area contributed by atoms with Gasteiger partial charge in [-0.1, -0.05) is 18.7 Å². The highest BCUT2D eigenvalue weighted by molar-refractivity contribution is 5.91. The molecule has 0 radical (unpaired) electrons. The van der Waals surface area contributed by atoms with Crippen LogP contribution < -0.4 is 0 Å². The van der Waals surface area contributed by atoms with Gasteiger partial charge in [0.25, 0.3) is 0 Å². The van der Waals surface area contributed by atoms with Crippen LogP contribution in [0.15, 0.2) is 55.3 Å². The summed E-state index contributed by atoms with van der Waals surface area (Å²) in [5.74, 6) is -0.130. The van der Waals surface area contributed by atoms with Crippen molar-refractivity contribution in [2.45, 2.75) is 18.6 Å². The predicted molar refractivity (Wildman–Crippen MR) is 98.4 cm³/mol. The number of nitrogens with zero attached hydrogens (tertiary/aromatic N) is 4. The summed E-state index contributed by atoms with van der Waals surface area (Å²) in [6, 6.07) is 8.51. The molecule has 3 heterocycles. The number of amides is 1. The predicted octanol–water partition coefficient (Wildman–Crippen LogP) is 4.08. The van der Waals surface area contributed by atoms with E-state index in [0.29, 0.717) is 30.0 Å². The minimum Gasteiger partial charge on any atom is -0.337 e. The number of hydrogen-bond donors (Lipinski definition) is 0. The molecule has 4 rings (SSSR count). The number of likely N-dealkylation sites (tertiary alicyclic amines) is 1. The fraction of sp³-hybridized carbons (Fsp3) is 0.250. The third kappa shape index (κ3) is 3.15. The smallest absolute Gasteiger partial charge is 0.337 e. The molecular formula is C20H17F3N4O. The lowest BCUT2D eigenvalue weighted by Gasteiger charge is -2.14. The second-order valence-electron chi connectivity index (χ2n) is 6.67. The van der Waals surface area contributed by atoms with Gasteiger partial charge >= 0.3 is 6.18 Å². The lowest BCUT2D eigenvalue weighted by atomic mass is 10.1. The SMILES string of the molecule is C=CC(=O)N1CCC(n2nc(-c3ccc(C(F)(F)F)cc3)c3cccnc32)C1. The second kappa shape index (κ2) is 6.78. The summed E-state index contributed by atoms with van der Waals surface area (Å²) >= 11 is 0. The van der Waals surface area contributed by atoms with Gasteiger partial charge in [-0.25, -0.2) is 9.67 Å². The number of rotatable bonds is 3. The van der Waals surface area contributed by atoms with Gasteiger partial charge in [0.2, 0.25) is 5.91 Å². The van der Waals surface area contributed by atoms with Gasteiger partial charge in [-0.3, -0.25) is 4.79 Å². The van der Waals surface area contributed by atoms with E-state index in [4.69, 9.17) is 0 Å². The molecule has 0 N–H and O–H groups in total. The van der Waals surface area contributed by atoms with Crippen molar-refractivity contribution in [3.63, 3.8) is 0 Å². The number of aromatic nitrogens is 3. The van der Waals surface area contributed by atoms with Crippen molar-refractivity contribution in [2.75, 3.05) is 13.1 Å².